The molecule has 2 atom stereocenters. The van der Waals surface area contributed by atoms with E-state index in [0.717, 1.165) is 19.6 Å². The van der Waals surface area contributed by atoms with E-state index in [1.165, 1.54) is 5.69 Å². The van der Waals surface area contributed by atoms with E-state index in [-0.39, 0.29) is 0 Å². The molecule has 0 spiro atoms. The Kier molecular flexibility index (Phi) is 3.84. The second-order valence-electron chi connectivity index (χ2n) is 5.45. The first-order valence-electron chi connectivity index (χ1n) is 6.57. The molecule has 0 aliphatic carbocycles. The molecule has 2 rings (SSSR count). The lowest BCUT2D eigenvalue weighted by Gasteiger charge is -2.37. The molecule has 4 nitrogen and oxygen atoms in total. The van der Waals surface area contributed by atoms with Gasteiger partial charge in [0.05, 0.1) is 5.69 Å². The summed E-state index contributed by atoms with van der Waals surface area (Å²) in [5.41, 5.74) is 1.32. The molecular weight excluding hydrogens is 212 g/mol. The smallest absolute Gasteiger partial charge is 0.0527 e. The third kappa shape index (κ3) is 2.87. The second-order valence-corrected chi connectivity index (χ2v) is 5.45. The summed E-state index contributed by atoms with van der Waals surface area (Å²) in [5, 5.41) is 7.91. The number of nitrogens with zero attached hydrogens (tertiary/aromatic N) is 3. The lowest BCUT2D eigenvalue weighted by atomic mass is 10.1. The normalized spacial score (nSPS) is 26.6. The molecule has 1 fully saturated rings. The first-order valence-corrected chi connectivity index (χ1v) is 6.57. The zero-order valence-electron chi connectivity index (χ0n) is 11.3. The van der Waals surface area contributed by atoms with Gasteiger partial charge in [0.15, 0.2) is 0 Å². The van der Waals surface area contributed by atoms with Crippen LogP contribution in [0.4, 0.5) is 0 Å². The number of hydrogen-bond acceptors (Lipinski definition) is 3. The fraction of sp³-hybridized carbons (Fsp3) is 0.769. The van der Waals surface area contributed by atoms with Crippen molar-refractivity contribution in [2.45, 2.75) is 52.4 Å². The zero-order valence-corrected chi connectivity index (χ0v) is 11.3. The van der Waals surface area contributed by atoms with E-state index < -0.39 is 0 Å². The molecule has 0 aromatic carbocycles. The molecule has 2 unspecified atom stereocenters. The molecular formula is C13H24N4. The van der Waals surface area contributed by atoms with Gasteiger partial charge in [0.25, 0.3) is 0 Å². The molecule has 0 bridgehead atoms. The van der Waals surface area contributed by atoms with Crippen LogP contribution in [0.2, 0.25) is 0 Å². The van der Waals surface area contributed by atoms with Crippen LogP contribution in [0.1, 0.15) is 39.4 Å². The molecule has 0 saturated carbocycles. The number of aromatic nitrogens is 2. The predicted octanol–water partition coefficient (Wildman–Crippen LogP) is 1.65. The van der Waals surface area contributed by atoms with Crippen molar-refractivity contribution in [1.82, 2.24) is 20.0 Å². The minimum Gasteiger partial charge on any atom is -0.311 e. The predicted molar refractivity (Wildman–Crippen MR) is 69.9 cm³/mol. The van der Waals surface area contributed by atoms with Crippen molar-refractivity contribution in [3.63, 3.8) is 0 Å². The molecule has 2 heterocycles. The third-order valence-corrected chi connectivity index (χ3v) is 3.50. The Morgan fingerprint density at radius 3 is 2.94 bits per heavy atom. The van der Waals surface area contributed by atoms with Gasteiger partial charge >= 0.3 is 0 Å². The number of nitrogens with one attached hydrogen (secondary N) is 1. The van der Waals surface area contributed by atoms with E-state index in [0.29, 0.717) is 18.1 Å². The highest BCUT2D eigenvalue weighted by atomic mass is 15.3. The van der Waals surface area contributed by atoms with Crippen LogP contribution >= 0.6 is 0 Å². The maximum absolute atomic E-state index is 4.40. The van der Waals surface area contributed by atoms with Crippen molar-refractivity contribution in [3.05, 3.63) is 18.0 Å². The van der Waals surface area contributed by atoms with Gasteiger partial charge in [-0.1, -0.05) is 0 Å². The quantitative estimate of drug-likeness (QED) is 0.866. The highest BCUT2D eigenvalue weighted by molar-refractivity contribution is 5.02. The van der Waals surface area contributed by atoms with Crippen molar-refractivity contribution < 1.29 is 0 Å². The number of hydrogen-bond donors (Lipinski definition) is 1. The molecule has 1 N–H and O–H groups in total. The van der Waals surface area contributed by atoms with Crippen LogP contribution in [0, 0.1) is 0 Å². The van der Waals surface area contributed by atoms with E-state index in [1.807, 2.05) is 6.20 Å². The second kappa shape index (κ2) is 5.19. The number of rotatable bonds is 3. The van der Waals surface area contributed by atoms with Gasteiger partial charge in [-0.15, -0.1) is 0 Å². The van der Waals surface area contributed by atoms with Gasteiger partial charge in [-0.3, -0.25) is 9.58 Å². The Morgan fingerprint density at radius 2 is 2.24 bits per heavy atom. The average molecular weight is 236 g/mol. The van der Waals surface area contributed by atoms with Gasteiger partial charge in [-0.25, -0.2) is 0 Å². The molecule has 1 aliphatic heterocycles. The van der Waals surface area contributed by atoms with Crippen molar-refractivity contribution in [2.24, 2.45) is 0 Å². The number of piperazine rings is 1. The largest absolute Gasteiger partial charge is 0.311 e. The first-order chi connectivity index (χ1) is 8.08. The van der Waals surface area contributed by atoms with Crippen LogP contribution in [0.5, 0.6) is 0 Å². The summed E-state index contributed by atoms with van der Waals surface area (Å²) in [4.78, 5) is 2.54. The van der Waals surface area contributed by atoms with Crippen molar-refractivity contribution in [1.29, 1.82) is 0 Å². The monoisotopic (exact) mass is 236 g/mol. The van der Waals surface area contributed by atoms with Gasteiger partial charge in [-0.2, -0.15) is 5.10 Å². The molecule has 96 valence electrons. The first kappa shape index (κ1) is 12.6. The third-order valence-electron chi connectivity index (χ3n) is 3.50. The Labute approximate surface area is 104 Å². The summed E-state index contributed by atoms with van der Waals surface area (Å²) in [6.07, 6.45) is 1.91. The van der Waals surface area contributed by atoms with Gasteiger partial charge in [0.2, 0.25) is 0 Å². The van der Waals surface area contributed by atoms with E-state index in [4.69, 9.17) is 0 Å². The Hall–Kier alpha value is -0.870. The molecule has 0 amide bonds. The maximum Gasteiger partial charge on any atom is 0.0527 e. The lowest BCUT2D eigenvalue weighted by Crippen LogP contribution is -2.53. The summed E-state index contributed by atoms with van der Waals surface area (Å²) < 4.78 is 2.12. The van der Waals surface area contributed by atoms with E-state index in [9.17, 15) is 0 Å². The topological polar surface area (TPSA) is 33.1 Å². The molecule has 1 aromatic heterocycles. The summed E-state index contributed by atoms with van der Waals surface area (Å²) in [6, 6.07) is 3.76. The minimum atomic E-state index is 0.440. The lowest BCUT2D eigenvalue weighted by molar-refractivity contribution is 0.134. The van der Waals surface area contributed by atoms with Crippen LogP contribution in [-0.4, -0.2) is 39.9 Å². The van der Waals surface area contributed by atoms with Crippen LogP contribution in [0.3, 0.4) is 0 Å². The van der Waals surface area contributed by atoms with Crippen molar-refractivity contribution >= 4 is 0 Å². The highest BCUT2D eigenvalue weighted by Crippen LogP contribution is 2.14. The molecule has 4 heteroatoms. The molecule has 0 radical (unpaired) electrons. The fourth-order valence-electron chi connectivity index (χ4n) is 2.46. The molecule has 1 aromatic rings. The van der Waals surface area contributed by atoms with Crippen molar-refractivity contribution in [3.8, 4) is 0 Å². The molecule has 17 heavy (non-hydrogen) atoms. The van der Waals surface area contributed by atoms with Crippen molar-refractivity contribution in [2.75, 3.05) is 13.1 Å². The summed E-state index contributed by atoms with van der Waals surface area (Å²) in [7, 11) is 0. The average Bonchev–Trinajstić information content (AvgIpc) is 2.71. The van der Waals surface area contributed by atoms with Gasteiger partial charge < -0.3 is 5.32 Å². The SMILES string of the molecule is CC1CN(Cc2ccnn2C(C)C)C(C)CN1. The Morgan fingerprint density at radius 1 is 1.47 bits per heavy atom. The molecule has 1 aliphatic rings. The highest BCUT2D eigenvalue weighted by Gasteiger charge is 2.23. The summed E-state index contributed by atoms with van der Waals surface area (Å²) >= 11 is 0. The minimum absolute atomic E-state index is 0.440. The molecule has 1 saturated heterocycles. The van der Waals surface area contributed by atoms with Crippen LogP contribution in [-0.2, 0) is 6.54 Å². The van der Waals surface area contributed by atoms with Gasteiger partial charge in [-0.05, 0) is 33.8 Å². The van der Waals surface area contributed by atoms with E-state index >= 15 is 0 Å². The van der Waals surface area contributed by atoms with Gasteiger partial charge in [0, 0.05) is 44.0 Å². The fourth-order valence-corrected chi connectivity index (χ4v) is 2.46. The maximum atomic E-state index is 4.40. The van der Waals surface area contributed by atoms with E-state index in [2.05, 4.69) is 53.8 Å². The van der Waals surface area contributed by atoms with Crippen LogP contribution in [0.25, 0.3) is 0 Å². The Bertz CT molecular complexity index is 358. The standard InChI is InChI=1S/C13H24N4/c1-10(2)17-13(5-6-15-17)9-16-8-11(3)14-7-12(16)4/h5-6,10-12,14H,7-9H2,1-4H3. The van der Waals surface area contributed by atoms with Crippen LogP contribution in [0.15, 0.2) is 12.3 Å². The van der Waals surface area contributed by atoms with Crippen LogP contribution < -0.4 is 5.32 Å². The zero-order chi connectivity index (χ0) is 12.4. The Balaban J connectivity index is 2.06. The summed E-state index contributed by atoms with van der Waals surface area (Å²) in [5.74, 6) is 0. The van der Waals surface area contributed by atoms with Gasteiger partial charge in [0.1, 0.15) is 0 Å². The van der Waals surface area contributed by atoms with E-state index in [1.54, 1.807) is 0 Å². The summed E-state index contributed by atoms with van der Waals surface area (Å²) in [6.45, 7) is 12.1.